The number of carbonyl (C=O) groups is 1. The second-order valence-electron chi connectivity index (χ2n) is 3.72. The van der Waals surface area contributed by atoms with Crippen molar-refractivity contribution in [3.05, 3.63) is 0 Å². The minimum atomic E-state index is -0.583. The van der Waals surface area contributed by atoms with Gasteiger partial charge in [-0.1, -0.05) is 0 Å². The zero-order chi connectivity index (χ0) is 9.97. The van der Waals surface area contributed by atoms with Crippen molar-refractivity contribution in [3.63, 3.8) is 0 Å². The third-order valence-electron chi connectivity index (χ3n) is 2.60. The van der Waals surface area contributed by atoms with Gasteiger partial charge >= 0.3 is 0 Å². The van der Waals surface area contributed by atoms with E-state index < -0.39 is 6.10 Å². The molecule has 5 nitrogen and oxygen atoms in total. The first-order chi connectivity index (χ1) is 6.77. The Morgan fingerprint density at radius 3 is 2.86 bits per heavy atom. The van der Waals surface area contributed by atoms with Crippen molar-refractivity contribution in [2.75, 3.05) is 19.8 Å². The predicted octanol–water partition coefficient (Wildman–Crippen LogP) is -0.959. The first-order valence-corrected chi connectivity index (χ1v) is 4.95. The van der Waals surface area contributed by atoms with Crippen molar-refractivity contribution in [2.45, 2.75) is 31.1 Å². The van der Waals surface area contributed by atoms with E-state index in [2.05, 4.69) is 5.32 Å². The van der Waals surface area contributed by atoms with E-state index in [1.807, 2.05) is 0 Å². The molecular weight excluding hydrogens is 186 g/mol. The van der Waals surface area contributed by atoms with Gasteiger partial charge in [-0.05, 0) is 12.8 Å². The summed E-state index contributed by atoms with van der Waals surface area (Å²) in [6, 6.07) is -0.272. The maximum atomic E-state index is 11.5. The van der Waals surface area contributed by atoms with E-state index in [1.54, 1.807) is 0 Å². The number of amides is 1. The zero-order valence-electron chi connectivity index (χ0n) is 7.94. The van der Waals surface area contributed by atoms with Crippen LogP contribution in [0.15, 0.2) is 0 Å². The number of ether oxygens (including phenoxy) is 2. The van der Waals surface area contributed by atoms with Crippen molar-refractivity contribution >= 4 is 5.91 Å². The maximum Gasteiger partial charge on any atom is 0.249 e. The Hall–Kier alpha value is -0.650. The smallest absolute Gasteiger partial charge is 0.249 e. The third kappa shape index (κ3) is 2.05. The van der Waals surface area contributed by atoms with E-state index in [9.17, 15) is 9.90 Å². The highest BCUT2D eigenvalue weighted by atomic mass is 16.5. The molecule has 2 fully saturated rings. The average Bonchev–Trinajstić information content (AvgIpc) is 2.77. The molecule has 2 saturated heterocycles. The van der Waals surface area contributed by atoms with Crippen molar-refractivity contribution in [3.8, 4) is 0 Å². The van der Waals surface area contributed by atoms with Crippen LogP contribution in [0, 0.1) is 0 Å². The minimum absolute atomic E-state index is 0.128. The summed E-state index contributed by atoms with van der Waals surface area (Å²) in [6.07, 6.45) is 0.792. The van der Waals surface area contributed by atoms with Crippen molar-refractivity contribution in [1.29, 1.82) is 0 Å². The summed E-state index contributed by atoms with van der Waals surface area (Å²) in [5.74, 6) is -0.128. The van der Waals surface area contributed by atoms with E-state index >= 15 is 0 Å². The quantitative estimate of drug-likeness (QED) is 0.604. The molecule has 0 saturated carbocycles. The van der Waals surface area contributed by atoms with Gasteiger partial charge in [0.2, 0.25) is 5.91 Å². The second-order valence-corrected chi connectivity index (χ2v) is 3.72. The van der Waals surface area contributed by atoms with Crippen molar-refractivity contribution in [2.24, 2.45) is 0 Å². The number of rotatable bonds is 2. The van der Waals surface area contributed by atoms with Crippen LogP contribution in [0.3, 0.4) is 0 Å². The monoisotopic (exact) mass is 201 g/mol. The van der Waals surface area contributed by atoms with Gasteiger partial charge in [0, 0.05) is 6.61 Å². The average molecular weight is 201 g/mol. The van der Waals surface area contributed by atoms with Crippen LogP contribution >= 0.6 is 0 Å². The molecule has 0 spiro atoms. The Kier molecular flexibility index (Phi) is 3.00. The molecule has 0 bridgehead atoms. The lowest BCUT2D eigenvalue weighted by molar-refractivity contribution is -0.131. The molecular formula is C9H15NO4. The summed E-state index contributed by atoms with van der Waals surface area (Å²) >= 11 is 0. The van der Waals surface area contributed by atoms with Crippen LogP contribution in [-0.2, 0) is 14.3 Å². The molecule has 2 heterocycles. The highest BCUT2D eigenvalue weighted by molar-refractivity contribution is 5.81. The van der Waals surface area contributed by atoms with E-state index in [-0.39, 0.29) is 18.1 Å². The number of nitrogens with one attached hydrogen (secondary N) is 1. The molecule has 2 N–H and O–H groups in total. The Labute approximate surface area is 82.4 Å². The molecule has 0 aromatic carbocycles. The number of hydrogen-bond acceptors (Lipinski definition) is 4. The van der Waals surface area contributed by atoms with Gasteiger partial charge in [-0.25, -0.2) is 0 Å². The van der Waals surface area contributed by atoms with Gasteiger partial charge in [-0.2, -0.15) is 0 Å². The van der Waals surface area contributed by atoms with Gasteiger partial charge in [0.15, 0.2) is 0 Å². The van der Waals surface area contributed by atoms with Crippen LogP contribution in [0.2, 0.25) is 0 Å². The lowest BCUT2D eigenvalue weighted by Crippen LogP contribution is -2.46. The molecule has 1 amide bonds. The standard InChI is InChI=1S/C9H15NO4/c11-7-5-13-4-6(7)10-9(12)8-2-1-3-14-8/h6-8,11H,1-5H2,(H,10,12)/t6?,7?,8-/m0/s1. The molecule has 0 aromatic heterocycles. The molecule has 0 radical (unpaired) electrons. The molecule has 3 atom stereocenters. The Morgan fingerprint density at radius 1 is 1.43 bits per heavy atom. The van der Waals surface area contributed by atoms with Crippen LogP contribution in [-0.4, -0.2) is 49.1 Å². The van der Waals surface area contributed by atoms with Crippen LogP contribution in [0.5, 0.6) is 0 Å². The minimum Gasteiger partial charge on any atom is -0.388 e. The molecule has 0 aromatic rings. The predicted molar refractivity (Wildman–Crippen MR) is 47.7 cm³/mol. The van der Waals surface area contributed by atoms with Gasteiger partial charge in [0.25, 0.3) is 0 Å². The molecule has 5 heteroatoms. The first-order valence-electron chi connectivity index (χ1n) is 4.95. The normalized spacial score (nSPS) is 37.4. The van der Waals surface area contributed by atoms with Crippen LogP contribution in [0.1, 0.15) is 12.8 Å². The van der Waals surface area contributed by atoms with Gasteiger partial charge in [0.05, 0.1) is 25.4 Å². The van der Waals surface area contributed by atoms with Crippen LogP contribution < -0.4 is 5.32 Å². The fraction of sp³-hybridized carbons (Fsp3) is 0.889. The molecule has 0 aliphatic carbocycles. The number of aliphatic hydroxyl groups is 1. The Bertz CT molecular complexity index is 215. The molecule has 2 aliphatic rings. The number of carbonyl (C=O) groups excluding carboxylic acids is 1. The van der Waals surface area contributed by atoms with Gasteiger partial charge in [-0.15, -0.1) is 0 Å². The molecule has 2 aliphatic heterocycles. The third-order valence-corrected chi connectivity index (χ3v) is 2.60. The van der Waals surface area contributed by atoms with Gasteiger partial charge in [0.1, 0.15) is 6.10 Å². The highest BCUT2D eigenvalue weighted by Gasteiger charge is 2.31. The number of aliphatic hydroxyl groups excluding tert-OH is 1. The number of hydrogen-bond donors (Lipinski definition) is 2. The van der Waals surface area contributed by atoms with Crippen molar-refractivity contribution in [1.82, 2.24) is 5.32 Å². The lowest BCUT2D eigenvalue weighted by Gasteiger charge is -2.17. The summed E-state index contributed by atoms with van der Waals surface area (Å²) in [5, 5.41) is 12.1. The maximum absolute atomic E-state index is 11.5. The molecule has 2 unspecified atom stereocenters. The SMILES string of the molecule is O=C(NC1COCC1O)[C@@H]1CCCO1. The molecule has 14 heavy (non-hydrogen) atoms. The van der Waals surface area contributed by atoms with Gasteiger partial charge in [-0.3, -0.25) is 4.79 Å². The first kappa shape index (κ1) is 9.89. The van der Waals surface area contributed by atoms with E-state index in [1.165, 1.54) is 0 Å². The summed E-state index contributed by atoms with van der Waals surface area (Å²) in [7, 11) is 0. The van der Waals surface area contributed by atoms with E-state index in [0.717, 1.165) is 12.8 Å². The van der Waals surface area contributed by atoms with Crippen molar-refractivity contribution < 1.29 is 19.4 Å². The molecule has 2 rings (SSSR count). The van der Waals surface area contributed by atoms with E-state index in [4.69, 9.17) is 9.47 Å². The highest BCUT2D eigenvalue weighted by Crippen LogP contribution is 2.13. The van der Waals surface area contributed by atoms with Crippen LogP contribution in [0.25, 0.3) is 0 Å². The van der Waals surface area contributed by atoms with Gasteiger partial charge < -0.3 is 19.9 Å². The topological polar surface area (TPSA) is 67.8 Å². The summed E-state index contributed by atoms with van der Waals surface area (Å²) in [5.41, 5.74) is 0. The summed E-state index contributed by atoms with van der Waals surface area (Å²) in [6.45, 7) is 1.35. The summed E-state index contributed by atoms with van der Waals surface area (Å²) in [4.78, 5) is 11.5. The fourth-order valence-electron chi connectivity index (χ4n) is 1.74. The van der Waals surface area contributed by atoms with Crippen LogP contribution in [0.4, 0.5) is 0 Å². The Morgan fingerprint density at radius 2 is 2.29 bits per heavy atom. The molecule has 80 valence electrons. The second kappa shape index (κ2) is 4.25. The Balaban J connectivity index is 1.81. The fourth-order valence-corrected chi connectivity index (χ4v) is 1.74. The lowest BCUT2D eigenvalue weighted by atomic mass is 10.2. The zero-order valence-corrected chi connectivity index (χ0v) is 7.94. The summed E-state index contributed by atoms with van der Waals surface area (Å²) < 4.78 is 10.3. The largest absolute Gasteiger partial charge is 0.388 e. The van der Waals surface area contributed by atoms with E-state index in [0.29, 0.717) is 19.8 Å².